The SMILES string of the molecule is Cc1cccc(OC(=O)CNC(=O)c2ccc3nc(C)c(C)nc3c2)c1. The molecule has 3 rings (SSSR count). The molecule has 6 heteroatoms. The van der Waals surface area contributed by atoms with Gasteiger partial charge in [-0.15, -0.1) is 0 Å². The number of rotatable bonds is 4. The van der Waals surface area contributed by atoms with Crippen molar-refractivity contribution in [2.24, 2.45) is 0 Å². The van der Waals surface area contributed by atoms with Crippen LogP contribution >= 0.6 is 0 Å². The highest BCUT2D eigenvalue weighted by molar-refractivity contribution is 5.98. The van der Waals surface area contributed by atoms with E-state index in [0.29, 0.717) is 16.8 Å². The van der Waals surface area contributed by atoms with Gasteiger partial charge < -0.3 is 10.1 Å². The molecule has 0 radical (unpaired) electrons. The highest BCUT2D eigenvalue weighted by Crippen LogP contribution is 2.15. The highest BCUT2D eigenvalue weighted by Gasteiger charge is 2.11. The van der Waals surface area contributed by atoms with Gasteiger partial charge in [-0.3, -0.25) is 4.79 Å². The van der Waals surface area contributed by atoms with Gasteiger partial charge in [0.25, 0.3) is 5.91 Å². The average molecular weight is 349 g/mol. The van der Waals surface area contributed by atoms with Crippen LogP contribution < -0.4 is 10.1 Å². The Bertz CT molecular complexity index is 999. The predicted molar refractivity (Wildman–Crippen MR) is 98.2 cm³/mol. The van der Waals surface area contributed by atoms with Gasteiger partial charge in [-0.1, -0.05) is 12.1 Å². The number of nitrogens with one attached hydrogen (secondary N) is 1. The fourth-order valence-electron chi connectivity index (χ4n) is 2.47. The Hall–Kier alpha value is -3.28. The van der Waals surface area contributed by atoms with E-state index in [1.54, 1.807) is 36.4 Å². The Kier molecular flexibility index (Phi) is 4.93. The molecule has 0 saturated carbocycles. The molecule has 0 aliphatic carbocycles. The number of amides is 1. The number of esters is 1. The molecule has 0 saturated heterocycles. The van der Waals surface area contributed by atoms with E-state index in [9.17, 15) is 9.59 Å². The van der Waals surface area contributed by atoms with Crippen LogP contribution in [0.1, 0.15) is 27.3 Å². The van der Waals surface area contributed by atoms with Crippen molar-refractivity contribution >= 4 is 22.9 Å². The summed E-state index contributed by atoms with van der Waals surface area (Å²) in [6, 6.07) is 12.2. The van der Waals surface area contributed by atoms with Crippen molar-refractivity contribution in [1.29, 1.82) is 0 Å². The lowest BCUT2D eigenvalue weighted by Crippen LogP contribution is -2.31. The number of aromatic nitrogens is 2. The minimum atomic E-state index is -0.531. The molecule has 132 valence electrons. The number of nitrogens with zero attached hydrogens (tertiary/aromatic N) is 2. The number of carbonyl (C=O) groups excluding carboxylic acids is 2. The number of hydrogen-bond donors (Lipinski definition) is 1. The molecule has 0 fully saturated rings. The fraction of sp³-hybridized carbons (Fsp3) is 0.200. The summed E-state index contributed by atoms with van der Waals surface area (Å²) in [5.41, 5.74) is 4.44. The first-order valence-corrected chi connectivity index (χ1v) is 8.23. The summed E-state index contributed by atoms with van der Waals surface area (Å²) in [5.74, 6) is -0.444. The maximum Gasteiger partial charge on any atom is 0.330 e. The van der Waals surface area contributed by atoms with Crippen molar-refractivity contribution < 1.29 is 14.3 Å². The van der Waals surface area contributed by atoms with Crippen molar-refractivity contribution in [2.45, 2.75) is 20.8 Å². The van der Waals surface area contributed by atoms with Crippen LogP contribution in [0, 0.1) is 20.8 Å². The molecule has 0 aliphatic heterocycles. The second-order valence-corrected chi connectivity index (χ2v) is 6.07. The van der Waals surface area contributed by atoms with Crippen LogP contribution in [0.25, 0.3) is 11.0 Å². The highest BCUT2D eigenvalue weighted by atomic mass is 16.5. The van der Waals surface area contributed by atoms with E-state index < -0.39 is 5.97 Å². The van der Waals surface area contributed by atoms with Gasteiger partial charge in [-0.2, -0.15) is 0 Å². The maximum absolute atomic E-state index is 12.3. The van der Waals surface area contributed by atoms with E-state index in [1.807, 2.05) is 26.8 Å². The van der Waals surface area contributed by atoms with Gasteiger partial charge in [-0.05, 0) is 56.7 Å². The van der Waals surface area contributed by atoms with Gasteiger partial charge in [0.15, 0.2) is 0 Å². The van der Waals surface area contributed by atoms with E-state index in [4.69, 9.17) is 4.74 Å². The van der Waals surface area contributed by atoms with Gasteiger partial charge in [-0.25, -0.2) is 14.8 Å². The lowest BCUT2D eigenvalue weighted by atomic mass is 10.1. The van der Waals surface area contributed by atoms with E-state index in [1.165, 1.54) is 0 Å². The van der Waals surface area contributed by atoms with Crippen LogP contribution in [0.3, 0.4) is 0 Å². The number of aryl methyl sites for hydroxylation is 3. The monoisotopic (exact) mass is 349 g/mol. The first-order chi connectivity index (χ1) is 12.4. The zero-order chi connectivity index (χ0) is 18.7. The van der Waals surface area contributed by atoms with Crippen molar-refractivity contribution in [3.8, 4) is 5.75 Å². The Labute approximate surface area is 151 Å². The molecule has 0 aliphatic rings. The Morgan fingerprint density at radius 2 is 1.69 bits per heavy atom. The van der Waals surface area contributed by atoms with Crippen molar-refractivity contribution in [1.82, 2.24) is 15.3 Å². The number of fused-ring (bicyclic) bond motifs is 1. The van der Waals surface area contributed by atoms with Crippen molar-refractivity contribution in [3.05, 3.63) is 65.0 Å². The van der Waals surface area contributed by atoms with Gasteiger partial charge in [0.1, 0.15) is 12.3 Å². The van der Waals surface area contributed by atoms with E-state index in [2.05, 4.69) is 15.3 Å². The summed E-state index contributed by atoms with van der Waals surface area (Å²) in [7, 11) is 0. The first-order valence-electron chi connectivity index (χ1n) is 8.23. The molecule has 1 aromatic heterocycles. The van der Waals surface area contributed by atoms with Crippen molar-refractivity contribution in [3.63, 3.8) is 0 Å². The Morgan fingerprint density at radius 1 is 0.962 bits per heavy atom. The van der Waals surface area contributed by atoms with E-state index in [-0.39, 0.29) is 12.5 Å². The normalized spacial score (nSPS) is 10.6. The summed E-state index contributed by atoms with van der Waals surface area (Å²) < 4.78 is 5.20. The van der Waals surface area contributed by atoms with Gasteiger partial charge >= 0.3 is 5.97 Å². The first kappa shape index (κ1) is 17.5. The average Bonchev–Trinajstić information content (AvgIpc) is 2.60. The summed E-state index contributed by atoms with van der Waals surface area (Å²) in [6.07, 6.45) is 0. The van der Waals surface area contributed by atoms with Crippen LogP contribution in [0.4, 0.5) is 0 Å². The molecule has 6 nitrogen and oxygen atoms in total. The number of benzene rings is 2. The molecule has 26 heavy (non-hydrogen) atoms. The van der Waals surface area contributed by atoms with Gasteiger partial charge in [0.2, 0.25) is 0 Å². The molecule has 3 aromatic rings. The third-order valence-electron chi connectivity index (χ3n) is 3.95. The van der Waals surface area contributed by atoms with Crippen LogP contribution in [0.5, 0.6) is 5.75 Å². The Balaban J connectivity index is 1.65. The summed E-state index contributed by atoms with van der Waals surface area (Å²) in [4.78, 5) is 33.1. The second-order valence-electron chi connectivity index (χ2n) is 6.07. The smallest absolute Gasteiger partial charge is 0.330 e. The van der Waals surface area contributed by atoms with Crippen LogP contribution in [0.2, 0.25) is 0 Å². The molecule has 0 atom stereocenters. The van der Waals surface area contributed by atoms with E-state index >= 15 is 0 Å². The van der Waals surface area contributed by atoms with Gasteiger partial charge in [0.05, 0.1) is 22.4 Å². The summed E-state index contributed by atoms with van der Waals surface area (Å²) in [6.45, 7) is 5.45. The van der Waals surface area contributed by atoms with Crippen LogP contribution in [-0.2, 0) is 4.79 Å². The van der Waals surface area contributed by atoms with Crippen molar-refractivity contribution in [2.75, 3.05) is 6.54 Å². The number of ether oxygens (including phenoxy) is 1. The standard InChI is InChI=1S/C20H19N3O3/c1-12-5-4-6-16(9-12)26-19(24)11-21-20(25)15-7-8-17-18(10-15)23-14(3)13(2)22-17/h4-10H,11H2,1-3H3,(H,21,25). The maximum atomic E-state index is 12.3. The predicted octanol–water partition coefficient (Wildman–Crippen LogP) is 2.89. The molecule has 1 amide bonds. The quantitative estimate of drug-likeness (QED) is 0.578. The molecule has 1 N–H and O–H groups in total. The Morgan fingerprint density at radius 3 is 2.42 bits per heavy atom. The fourth-order valence-corrected chi connectivity index (χ4v) is 2.47. The molecule has 2 aromatic carbocycles. The lowest BCUT2D eigenvalue weighted by Gasteiger charge is -2.08. The molecule has 1 heterocycles. The minimum Gasteiger partial charge on any atom is -0.425 e. The van der Waals surface area contributed by atoms with Gasteiger partial charge in [0, 0.05) is 5.56 Å². The topological polar surface area (TPSA) is 81.2 Å². The number of carbonyl (C=O) groups is 2. The second kappa shape index (κ2) is 7.31. The largest absolute Gasteiger partial charge is 0.425 e. The zero-order valence-corrected chi connectivity index (χ0v) is 14.9. The zero-order valence-electron chi connectivity index (χ0n) is 14.9. The third-order valence-corrected chi connectivity index (χ3v) is 3.95. The van der Waals surface area contributed by atoms with E-state index in [0.717, 1.165) is 22.5 Å². The molecular formula is C20H19N3O3. The number of hydrogen-bond acceptors (Lipinski definition) is 5. The lowest BCUT2D eigenvalue weighted by molar-refractivity contribution is -0.133. The third kappa shape index (κ3) is 4.03. The summed E-state index contributed by atoms with van der Waals surface area (Å²) in [5, 5.41) is 2.56. The molecule has 0 unspecified atom stereocenters. The minimum absolute atomic E-state index is 0.219. The summed E-state index contributed by atoms with van der Waals surface area (Å²) >= 11 is 0. The molecule has 0 bridgehead atoms. The van der Waals surface area contributed by atoms with Crippen LogP contribution in [0.15, 0.2) is 42.5 Å². The van der Waals surface area contributed by atoms with Crippen LogP contribution in [-0.4, -0.2) is 28.4 Å². The molecule has 0 spiro atoms. The molecular weight excluding hydrogens is 330 g/mol.